The number of fused-ring (bicyclic) bond motifs is 1. The van der Waals surface area contributed by atoms with Gasteiger partial charge in [0.15, 0.2) is 0 Å². The van der Waals surface area contributed by atoms with E-state index >= 15 is 0 Å². The third-order valence-corrected chi connectivity index (χ3v) is 7.96. The highest BCUT2D eigenvalue weighted by atomic mass is 19.3. The lowest BCUT2D eigenvalue weighted by Gasteiger charge is -2.36. The molecule has 1 aromatic carbocycles. The molecule has 3 aliphatic rings. The maximum Gasteiger partial charge on any atom is 0.312 e. The average Bonchev–Trinajstić information content (AvgIpc) is 3.56. The maximum atomic E-state index is 13.5. The predicted molar refractivity (Wildman–Crippen MR) is 127 cm³/mol. The minimum atomic E-state index is -3.15. The number of benzene rings is 1. The highest BCUT2D eigenvalue weighted by Crippen LogP contribution is 2.60. The fourth-order valence-corrected chi connectivity index (χ4v) is 6.04. The van der Waals surface area contributed by atoms with Crippen LogP contribution in [0.3, 0.4) is 0 Å². The summed E-state index contributed by atoms with van der Waals surface area (Å²) in [6.07, 6.45) is 1.98. The number of ether oxygens (including phenoxy) is 1. The van der Waals surface area contributed by atoms with E-state index in [-0.39, 0.29) is 47.3 Å². The van der Waals surface area contributed by atoms with Crippen molar-refractivity contribution in [3.8, 4) is 0 Å². The van der Waals surface area contributed by atoms with Gasteiger partial charge in [0.25, 0.3) is 11.8 Å². The first kappa shape index (κ1) is 24.9. The first-order valence-electron chi connectivity index (χ1n) is 12.1. The molecule has 2 aliphatic carbocycles. The molecule has 4 atom stereocenters. The number of carbonyl (C=O) groups is 2. The average molecular weight is 514 g/mol. The van der Waals surface area contributed by atoms with E-state index in [1.165, 1.54) is 24.4 Å². The fourth-order valence-electron chi connectivity index (χ4n) is 6.04. The number of halogens is 3. The number of nitrogens with two attached hydrogens (primary N) is 1. The lowest BCUT2D eigenvalue weighted by atomic mass is 9.78. The number of aromatic nitrogens is 1. The summed E-state index contributed by atoms with van der Waals surface area (Å²) >= 11 is 0. The summed E-state index contributed by atoms with van der Waals surface area (Å²) in [5.74, 6) is -2.90. The molecule has 2 saturated carbocycles. The van der Waals surface area contributed by atoms with E-state index in [2.05, 4.69) is 9.72 Å². The van der Waals surface area contributed by atoms with Gasteiger partial charge in [0.2, 0.25) is 11.8 Å². The van der Waals surface area contributed by atoms with Crippen LogP contribution in [0.5, 0.6) is 0 Å². The second kappa shape index (κ2) is 9.28. The number of primary amides is 1. The molecule has 4 N–H and O–H groups in total. The van der Waals surface area contributed by atoms with Crippen LogP contribution >= 0.6 is 0 Å². The molecule has 1 aliphatic heterocycles. The number of hydrogen-bond donors (Lipinski definition) is 3. The van der Waals surface area contributed by atoms with Crippen LogP contribution in [0.25, 0.3) is 0 Å². The van der Waals surface area contributed by atoms with Gasteiger partial charge >= 0.3 is 6.43 Å². The number of amides is 2. The van der Waals surface area contributed by atoms with Crippen molar-refractivity contribution in [2.75, 3.05) is 0 Å². The molecule has 11 heteroatoms. The summed E-state index contributed by atoms with van der Waals surface area (Å²) in [7, 11) is 0. The van der Waals surface area contributed by atoms with Crippen molar-refractivity contribution in [3.05, 3.63) is 64.7 Å². The number of carbonyl (C=O) groups excluding carboxylic acids is 2. The summed E-state index contributed by atoms with van der Waals surface area (Å²) in [4.78, 5) is 31.8. The van der Waals surface area contributed by atoms with E-state index in [9.17, 15) is 22.8 Å². The molecule has 8 nitrogen and oxygen atoms in total. The summed E-state index contributed by atoms with van der Waals surface area (Å²) in [5.41, 5.74) is 6.57. The van der Waals surface area contributed by atoms with E-state index in [1.807, 2.05) is 0 Å². The van der Waals surface area contributed by atoms with Crippen LogP contribution < -0.4 is 5.73 Å². The van der Waals surface area contributed by atoms with Crippen LogP contribution in [0.2, 0.25) is 0 Å². The Hall–Kier alpha value is -3.76. The summed E-state index contributed by atoms with van der Waals surface area (Å²) in [5, 5.41) is 14.9. The highest BCUT2D eigenvalue weighted by molar-refractivity contribution is 6.03. The van der Waals surface area contributed by atoms with Gasteiger partial charge in [-0.3, -0.25) is 25.4 Å². The van der Waals surface area contributed by atoms with Crippen molar-refractivity contribution in [3.63, 3.8) is 0 Å². The van der Waals surface area contributed by atoms with Crippen molar-refractivity contribution in [2.45, 2.75) is 56.5 Å². The second-order valence-electron chi connectivity index (χ2n) is 9.98. The van der Waals surface area contributed by atoms with Gasteiger partial charge in [0.05, 0.1) is 28.8 Å². The molecule has 4 unspecified atom stereocenters. The van der Waals surface area contributed by atoms with Gasteiger partial charge in [-0.05, 0) is 61.3 Å². The van der Waals surface area contributed by atoms with E-state index < -0.39 is 29.5 Å². The van der Waals surface area contributed by atoms with Crippen molar-refractivity contribution in [1.29, 1.82) is 10.8 Å². The molecule has 2 fully saturated rings. The topological polar surface area (TPSA) is 133 Å². The Labute approximate surface area is 211 Å². The molecule has 2 amide bonds. The molecule has 5 rings (SSSR count). The van der Waals surface area contributed by atoms with Crippen LogP contribution in [0.4, 0.5) is 13.2 Å². The van der Waals surface area contributed by atoms with Gasteiger partial charge in [-0.15, -0.1) is 0 Å². The van der Waals surface area contributed by atoms with E-state index in [1.54, 1.807) is 17.0 Å². The summed E-state index contributed by atoms with van der Waals surface area (Å²) in [6, 6.07) is 7.22. The zero-order valence-electron chi connectivity index (χ0n) is 19.8. The molecule has 2 heterocycles. The van der Waals surface area contributed by atoms with E-state index in [0.717, 1.165) is 24.8 Å². The number of nitrogens with zero attached hydrogens (tertiary/aromatic N) is 2. The van der Waals surface area contributed by atoms with Gasteiger partial charge in [-0.2, -0.15) is 8.78 Å². The molecule has 2 aromatic rings. The number of rotatable bonds is 6. The number of hydrogen-bond acceptors (Lipinski definition) is 6. The maximum absolute atomic E-state index is 13.5. The molecular formula is C26H26F3N5O3. The molecule has 37 heavy (non-hydrogen) atoms. The zero-order chi connectivity index (χ0) is 26.5. The summed E-state index contributed by atoms with van der Waals surface area (Å²) in [6.45, 7) is 0.288. The molecule has 0 spiro atoms. The van der Waals surface area contributed by atoms with Crippen LogP contribution in [0.15, 0.2) is 36.5 Å². The zero-order valence-corrected chi connectivity index (χ0v) is 19.8. The molecule has 0 bridgehead atoms. The predicted octanol–water partition coefficient (Wildman–Crippen LogP) is 3.76. The van der Waals surface area contributed by atoms with Gasteiger partial charge in [-0.25, -0.2) is 4.39 Å². The van der Waals surface area contributed by atoms with E-state index in [4.69, 9.17) is 16.6 Å². The smallest absolute Gasteiger partial charge is 0.312 e. The van der Waals surface area contributed by atoms with Crippen LogP contribution in [-0.4, -0.2) is 46.0 Å². The number of alkyl halides is 2. The first-order chi connectivity index (χ1) is 17.6. The monoisotopic (exact) mass is 513 g/mol. The third-order valence-electron chi connectivity index (χ3n) is 7.96. The van der Waals surface area contributed by atoms with Crippen LogP contribution in [-0.2, 0) is 21.5 Å². The lowest BCUT2D eigenvalue weighted by molar-refractivity contribution is -0.121. The molecule has 0 saturated heterocycles. The first-order valence-corrected chi connectivity index (χ1v) is 12.1. The molecular weight excluding hydrogens is 487 g/mol. The Morgan fingerprint density at radius 3 is 2.62 bits per heavy atom. The van der Waals surface area contributed by atoms with Crippen molar-refractivity contribution in [1.82, 2.24) is 9.88 Å². The fraction of sp³-hybridized carbons (Fsp3) is 0.423. The highest BCUT2D eigenvalue weighted by Gasteiger charge is 2.63. The largest absolute Gasteiger partial charge is 0.419 e. The van der Waals surface area contributed by atoms with Crippen LogP contribution in [0, 0.1) is 28.5 Å². The number of pyridine rings is 1. The Balaban J connectivity index is 1.30. The van der Waals surface area contributed by atoms with Gasteiger partial charge in [-0.1, -0.05) is 18.6 Å². The number of nitrogens with one attached hydrogen (secondary N) is 2. The molecule has 1 aromatic heterocycles. The minimum absolute atomic E-state index is 0.0193. The van der Waals surface area contributed by atoms with Crippen molar-refractivity contribution in [2.24, 2.45) is 17.6 Å². The van der Waals surface area contributed by atoms with E-state index in [0.29, 0.717) is 18.5 Å². The quantitative estimate of drug-likeness (QED) is 0.401. The standard InChI is InChI=1S/C26H26F3N5O3/c27-16-6-4-15(5-7-16)26(25(32)36)10-19(26)13-2-1-3-17(8-13)34-12-20-18(24(34)35)9-14(11-33-20)22(30)37-23(31)21(28)29/h4-7,9,11,13,17,19,21,30-31H,1-3,8,10,12H2,(H2,32,36). The van der Waals surface area contributed by atoms with Crippen molar-refractivity contribution < 1.29 is 27.5 Å². The SMILES string of the molecule is N=C(OC(=N)C(F)F)c1cnc2c(c1)C(=O)N(C1CCCC(C3CC3(C(N)=O)c3ccc(F)cc3)C1)C2. The van der Waals surface area contributed by atoms with Gasteiger partial charge in [0, 0.05) is 12.2 Å². The Morgan fingerprint density at radius 2 is 1.95 bits per heavy atom. The second-order valence-corrected chi connectivity index (χ2v) is 9.98. The Bertz CT molecular complexity index is 1280. The summed E-state index contributed by atoms with van der Waals surface area (Å²) < 4.78 is 43.2. The third kappa shape index (κ3) is 4.36. The minimum Gasteiger partial charge on any atom is -0.419 e. The van der Waals surface area contributed by atoms with Gasteiger partial charge < -0.3 is 15.4 Å². The van der Waals surface area contributed by atoms with Crippen LogP contribution in [0.1, 0.15) is 59.3 Å². The normalized spacial score (nSPS) is 26.6. The Morgan fingerprint density at radius 1 is 1.22 bits per heavy atom. The molecule has 0 radical (unpaired) electrons. The lowest BCUT2D eigenvalue weighted by Crippen LogP contribution is -2.40. The van der Waals surface area contributed by atoms with Crippen molar-refractivity contribution >= 4 is 23.6 Å². The Kier molecular flexibility index (Phi) is 6.25. The molecule has 194 valence electrons. The van der Waals surface area contributed by atoms with Gasteiger partial charge in [0.1, 0.15) is 5.82 Å².